The van der Waals surface area contributed by atoms with Crippen molar-refractivity contribution < 1.29 is 9.53 Å². The number of hydrazine groups is 1. The van der Waals surface area contributed by atoms with Crippen LogP contribution in [0, 0.1) is 0 Å². The summed E-state index contributed by atoms with van der Waals surface area (Å²) in [4.78, 5) is 11.5. The third-order valence-corrected chi connectivity index (χ3v) is 2.77. The number of benzene rings is 1. The maximum Gasteiger partial charge on any atom is 0.330 e. The average molecular weight is 289 g/mol. The molecule has 114 valence electrons. The summed E-state index contributed by atoms with van der Waals surface area (Å²) < 4.78 is 5.12. The van der Waals surface area contributed by atoms with E-state index in [-0.39, 0.29) is 12.6 Å². The molecule has 0 aromatic heterocycles. The standard InChI is InChI=1S/C16H23N3O2/c1-2-19(18)12-15(17)10-6-7-11-16(20)21-13-14-8-4-3-5-9-14/h3-5,7-9,11-12H,2,6,10,13,17-18H2,1H3/b11-7+,15-12-. The summed E-state index contributed by atoms with van der Waals surface area (Å²) in [5.74, 6) is 5.25. The van der Waals surface area contributed by atoms with E-state index in [0.717, 1.165) is 5.56 Å². The fourth-order valence-corrected chi connectivity index (χ4v) is 1.58. The molecule has 4 N–H and O–H groups in total. The lowest BCUT2D eigenvalue weighted by Crippen LogP contribution is -2.25. The van der Waals surface area contributed by atoms with Crippen molar-refractivity contribution >= 4 is 5.97 Å². The van der Waals surface area contributed by atoms with E-state index < -0.39 is 0 Å². The summed E-state index contributed by atoms with van der Waals surface area (Å²) in [5, 5.41) is 1.52. The first-order chi connectivity index (χ1) is 10.1. The second-order valence-corrected chi connectivity index (χ2v) is 4.57. The van der Waals surface area contributed by atoms with Gasteiger partial charge in [0.2, 0.25) is 0 Å². The Morgan fingerprint density at radius 2 is 2.05 bits per heavy atom. The van der Waals surface area contributed by atoms with Gasteiger partial charge >= 0.3 is 5.97 Å². The number of esters is 1. The van der Waals surface area contributed by atoms with Crippen LogP contribution in [0.3, 0.4) is 0 Å². The minimum Gasteiger partial charge on any atom is -0.458 e. The molecule has 0 aliphatic rings. The molecule has 0 saturated heterocycles. The van der Waals surface area contributed by atoms with Crippen molar-refractivity contribution in [3.05, 3.63) is 59.9 Å². The molecule has 1 rings (SSSR count). The van der Waals surface area contributed by atoms with E-state index in [4.69, 9.17) is 16.3 Å². The Labute approximate surface area is 125 Å². The number of allylic oxidation sites excluding steroid dienone is 2. The Kier molecular flexibility index (Phi) is 7.68. The van der Waals surface area contributed by atoms with Crippen molar-refractivity contribution in [2.75, 3.05) is 6.54 Å². The number of carbonyl (C=O) groups is 1. The van der Waals surface area contributed by atoms with Gasteiger partial charge in [-0.05, 0) is 25.3 Å². The van der Waals surface area contributed by atoms with E-state index in [2.05, 4.69) is 0 Å². The lowest BCUT2D eigenvalue weighted by molar-refractivity contribution is -0.139. The fourth-order valence-electron chi connectivity index (χ4n) is 1.58. The van der Waals surface area contributed by atoms with Crippen LogP contribution in [-0.2, 0) is 16.1 Å². The predicted octanol–water partition coefficient (Wildman–Crippen LogP) is 2.06. The Balaban J connectivity index is 2.24. The van der Waals surface area contributed by atoms with Crippen LogP contribution in [-0.4, -0.2) is 17.5 Å². The van der Waals surface area contributed by atoms with E-state index in [1.807, 2.05) is 37.3 Å². The van der Waals surface area contributed by atoms with Gasteiger partial charge in [0.15, 0.2) is 0 Å². The molecule has 0 spiro atoms. The summed E-state index contributed by atoms with van der Waals surface area (Å²) in [5.41, 5.74) is 7.44. The third kappa shape index (κ3) is 7.79. The number of nitrogens with zero attached hydrogens (tertiary/aromatic N) is 1. The third-order valence-electron chi connectivity index (χ3n) is 2.77. The first-order valence-electron chi connectivity index (χ1n) is 6.96. The van der Waals surface area contributed by atoms with Gasteiger partial charge in [0.1, 0.15) is 6.61 Å². The zero-order valence-corrected chi connectivity index (χ0v) is 12.4. The second-order valence-electron chi connectivity index (χ2n) is 4.57. The van der Waals surface area contributed by atoms with Gasteiger partial charge in [-0.1, -0.05) is 36.4 Å². The minimum atomic E-state index is -0.351. The highest BCUT2D eigenvalue weighted by atomic mass is 16.5. The second kappa shape index (κ2) is 9.61. The van der Waals surface area contributed by atoms with Crippen molar-refractivity contribution in [3.63, 3.8) is 0 Å². The summed E-state index contributed by atoms with van der Waals surface area (Å²) in [6, 6.07) is 9.56. The Morgan fingerprint density at radius 1 is 1.33 bits per heavy atom. The number of carbonyl (C=O) groups excluding carboxylic acids is 1. The monoisotopic (exact) mass is 289 g/mol. The van der Waals surface area contributed by atoms with Crippen LogP contribution in [0.2, 0.25) is 0 Å². The number of hydrogen-bond acceptors (Lipinski definition) is 5. The molecule has 0 unspecified atom stereocenters. The SMILES string of the molecule is CCN(N)/C=C(\N)CC/C=C/C(=O)OCc1ccccc1. The van der Waals surface area contributed by atoms with Gasteiger partial charge in [-0.2, -0.15) is 0 Å². The molecule has 0 atom stereocenters. The number of hydrogen-bond donors (Lipinski definition) is 2. The highest BCUT2D eigenvalue weighted by Gasteiger charge is 1.98. The molecule has 0 heterocycles. The van der Waals surface area contributed by atoms with E-state index >= 15 is 0 Å². The van der Waals surface area contributed by atoms with Gasteiger partial charge in [0, 0.05) is 24.5 Å². The van der Waals surface area contributed by atoms with Crippen molar-refractivity contribution in [1.29, 1.82) is 0 Å². The number of ether oxygens (including phenoxy) is 1. The molecular formula is C16H23N3O2. The molecule has 0 aliphatic heterocycles. The smallest absolute Gasteiger partial charge is 0.330 e. The van der Waals surface area contributed by atoms with Gasteiger partial charge in [0.05, 0.1) is 0 Å². The maximum absolute atomic E-state index is 11.5. The molecule has 5 nitrogen and oxygen atoms in total. The van der Waals surface area contributed by atoms with E-state index in [0.29, 0.717) is 25.1 Å². The topological polar surface area (TPSA) is 81.6 Å². The minimum absolute atomic E-state index is 0.282. The van der Waals surface area contributed by atoms with Crippen molar-refractivity contribution in [3.8, 4) is 0 Å². The molecular weight excluding hydrogens is 266 g/mol. The van der Waals surface area contributed by atoms with Crippen LogP contribution < -0.4 is 11.6 Å². The predicted molar refractivity (Wildman–Crippen MR) is 83.4 cm³/mol. The first-order valence-corrected chi connectivity index (χ1v) is 6.96. The van der Waals surface area contributed by atoms with Gasteiger partial charge in [-0.15, -0.1) is 0 Å². The number of rotatable bonds is 8. The molecule has 21 heavy (non-hydrogen) atoms. The van der Waals surface area contributed by atoms with Gasteiger partial charge < -0.3 is 15.5 Å². The van der Waals surface area contributed by atoms with Crippen LogP contribution in [0.4, 0.5) is 0 Å². The Hall–Kier alpha value is -2.27. The first kappa shape index (κ1) is 16.8. The molecule has 0 amide bonds. The molecule has 1 aromatic rings. The summed E-state index contributed by atoms with van der Waals surface area (Å²) in [6.07, 6.45) is 6.19. The van der Waals surface area contributed by atoms with Gasteiger partial charge in [0.25, 0.3) is 0 Å². The molecule has 1 aromatic carbocycles. The maximum atomic E-state index is 11.5. The zero-order valence-electron chi connectivity index (χ0n) is 12.4. The molecule has 0 bridgehead atoms. The lowest BCUT2D eigenvalue weighted by atomic mass is 10.2. The Morgan fingerprint density at radius 3 is 2.71 bits per heavy atom. The highest BCUT2D eigenvalue weighted by Crippen LogP contribution is 2.03. The molecule has 5 heteroatoms. The molecule has 0 fully saturated rings. The highest BCUT2D eigenvalue weighted by molar-refractivity contribution is 5.81. The molecule has 0 aliphatic carbocycles. The van der Waals surface area contributed by atoms with Crippen LogP contribution in [0.25, 0.3) is 0 Å². The van der Waals surface area contributed by atoms with Crippen LogP contribution in [0.15, 0.2) is 54.4 Å². The average Bonchev–Trinajstić information content (AvgIpc) is 2.50. The van der Waals surface area contributed by atoms with E-state index in [9.17, 15) is 4.79 Å². The van der Waals surface area contributed by atoms with Gasteiger partial charge in [-0.3, -0.25) is 0 Å². The fraction of sp³-hybridized carbons (Fsp3) is 0.312. The van der Waals surface area contributed by atoms with Crippen molar-refractivity contribution in [1.82, 2.24) is 5.01 Å². The quantitative estimate of drug-likeness (QED) is 0.331. The molecule has 0 radical (unpaired) electrons. The van der Waals surface area contributed by atoms with E-state index in [1.54, 1.807) is 12.3 Å². The van der Waals surface area contributed by atoms with Crippen LogP contribution in [0.1, 0.15) is 25.3 Å². The largest absolute Gasteiger partial charge is 0.458 e. The molecule has 0 saturated carbocycles. The van der Waals surface area contributed by atoms with Crippen molar-refractivity contribution in [2.45, 2.75) is 26.4 Å². The van der Waals surface area contributed by atoms with Gasteiger partial charge in [-0.25, -0.2) is 10.6 Å². The summed E-state index contributed by atoms with van der Waals surface area (Å²) >= 11 is 0. The normalized spacial score (nSPS) is 11.6. The zero-order chi connectivity index (χ0) is 15.5. The lowest BCUT2D eigenvalue weighted by Gasteiger charge is -2.11. The van der Waals surface area contributed by atoms with Crippen LogP contribution >= 0.6 is 0 Å². The van der Waals surface area contributed by atoms with Crippen molar-refractivity contribution in [2.24, 2.45) is 11.6 Å². The van der Waals surface area contributed by atoms with Crippen LogP contribution in [0.5, 0.6) is 0 Å². The Bertz CT molecular complexity index is 484. The van der Waals surface area contributed by atoms with E-state index in [1.165, 1.54) is 11.1 Å². The number of nitrogens with two attached hydrogens (primary N) is 2. The summed E-state index contributed by atoms with van der Waals surface area (Å²) in [6.45, 7) is 2.92. The summed E-state index contributed by atoms with van der Waals surface area (Å²) in [7, 11) is 0.